The number of hydrogen-bond donors (Lipinski definition) is 1. The second-order valence-corrected chi connectivity index (χ2v) is 4.43. The van der Waals surface area contributed by atoms with E-state index in [4.69, 9.17) is 0 Å². The van der Waals surface area contributed by atoms with E-state index in [-0.39, 0.29) is 6.67 Å². The Kier molecular flexibility index (Phi) is 4.82. The summed E-state index contributed by atoms with van der Waals surface area (Å²) >= 11 is 0. The lowest BCUT2D eigenvalue weighted by atomic mass is 9.96. The fraction of sp³-hybridized carbons (Fsp3) is 1.00. The van der Waals surface area contributed by atoms with Crippen LogP contribution in [0.3, 0.4) is 0 Å². The van der Waals surface area contributed by atoms with Gasteiger partial charge in [0.25, 0.3) is 0 Å². The summed E-state index contributed by atoms with van der Waals surface area (Å²) in [6, 6.07) is 1.02. The lowest BCUT2D eigenvalue weighted by Crippen LogP contribution is -2.57. The van der Waals surface area contributed by atoms with Crippen LogP contribution in [0.25, 0.3) is 0 Å². The van der Waals surface area contributed by atoms with Gasteiger partial charge in [-0.05, 0) is 12.8 Å². The number of piperazine rings is 1. The molecular weight excluding hydrogens is 179 g/mol. The van der Waals surface area contributed by atoms with E-state index in [9.17, 15) is 4.39 Å². The van der Waals surface area contributed by atoms with E-state index in [1.54, 1.807) is 0 Å². The highest BCUT2D eigenvalue weighted by molar-refractivity contribution is 4.86. The number of rotatable bonds is 4. The van der Waals surface area contributed by atoms with Crippen LogP contribution in [0.5, 0.6) is 0 Å². The molecule has 0 saturated carbocycles. The molecule has 0 aliphatic carbocycles. The molecule has 1 aliphatic rings. The fourth-order valence-corrected chi connectivity index (χ4v) is 2.03. The number of alkyl halides is 1. The van der Waals surface area contributed by atoms with Gasteiger partial charge in [0.05, 0.1) is 0 Å². The van der Waals surface area contributed by atoms with Gasteiger partial charge < -0.3 is 5.32 Å². The Morgan fingerprint density at radius 2 is 2.29 bits per heavy atom. The standard InChI is InChI=1S/C11H23FN2/c1-4-9(2)11-8-14(6-5-12)10(3)7-13-11/h9-11,13H,4-8H2,1-3H3. The zero-order valence-electron chi connectivity index (χ0n) is 9.59. The van der Waals surface area contributed by atoms with Gasteiger partial charge in [0.1, 0.15) is 6.67 Å². The highest BCUT2D eigenvalue weighted by Crippen LogP contribution is 2.14. The molecule has 14 heavy (non-hydrogen) atoms. The van der Waals surface area contributed by atoms with E-state index >= 15 is 0 Å². The SMILES string of the molecule is CCC(C)C1CN(CCF)C(C)CN1. The van der Waals surface area contributed by atoms with Gasteiger partial charge in [0.15, 0.2) is 0 Å². The van der Waals surface area contributed by atoms with Gasteiger partial charge in [-0.1, -0.05) is 20.3 Å². The van der Waals surface area contributed by atoms with Crippen LogP contribution >= 0.6 is 0 Å². The summed E-state index contributed by atoms with van der Waals surface area (Å²) in [5.41, 5.74) is 0. The predicted molar refractivity (Wildman–Crippen MR) is 58.3 cm³/mol. The Morgan fingerprint density at radius 3 is 2.86 bits per heavy atom. The van der Waals surface area contributed by atoms with Gasteiger partial charge in [0, 0.05) is 31.7 Å². The van der Waals surface area contributed by atoms with E-state index < -0.39 is 0 Å². The first-order valence-corrected chi connectivity index (χ1v) is 5.72. The van der Waals surface area contributed by atoms with Crippen LogP contribution in [0.15, 0.2) is 0 Å². The first-order valence-electron chi connectivity index (χ1n) is 5.72. The topological polar surface area (TPSA) is 15.3 Å². The minimum Gasteiger partial charge on any atom is -0.311 e. The van der Waals surface area contributed by atoms with Crippen LogP contribution < -0.4 is 5.32 Å². The van der Waals surface area contributed by atoms with Gasteiger partial charge in [-0.3, -0.25) is 4.90 Å². The Balaban J connectivity index is 2.44. The molecule has 0 aromatic carbocycles. The van der Waals surface area contributed by atoms with E-state index in [0.717, 1.165) is 13.1 Å². The molecule has 1 fully saturated rings. The molecule has 3 heteroatoms. The van der Waals surface area contributed by atoms with Crippen LogP contribution in [0.4, 0.5) is 4.39 Å². The summed E-state index contributed by atoms with van der Waals surface area (Å²) in [6.07, 6.45) is 1.19. The normalized spacial score (nSPS) is 31.7. The number of hydrogen-bond acceptors (Lipinski definition) is 2. The smallest absolute Gasteiger partial charge is 0.102 e. The summed E-state index contributed by atoms with van der Waals surface area (Å²) in [7, 11) is 0. The summed E-state index contributed by atoms with van der Waals surface area (Å²) in [5.74, 6) is 0.685. The Morgan fingerprint density at radius 1 is 1.57 bits per heavy atom. The van der Waals surface area contributed by atoms with Gasteiger partial charge in [0.2, 0.25) is 0 Å². The zero-order valence-corrected chi connectivity index (χ0v) is 9.59. The van der Waals surface area contributed by atoms with Gasteiger partial charge in [-0.25, -0.2) is 4.39 Å². The van der Waals surface area contributed by atoms with Crippen molar-refractivity contribution < 1.29 is 4.39 Å². The lowest BCUT2D eigenvalue weighted by Gasteiger charge is -2.40. The third kappa shape index (κ3) is 2.92. The van der Waals surface area contributed by atoms with Crippen LogP contribution in [-0.4, -0.2) is 43.3 Å². The van der Waals surface area contributed by atoms with Crippen LogP contribution in [0.1, 0.15) is 27.2 Å². The first kappa shape index (κ1) is 11.9. The fourth-order valence-electron chi connectivity index (χ4n) is 2.03. The van der Waals surface area contributed by atoms with Gasteiger partial charge in [-0.15, -0.1) is 0 Å². The summed E-state index contributed by atoms with van der Waals surface area (Å²) in [5, 5.41) is 3.54. The summed E-state index contributed by atoms with van der Waals surface area (Å²) in [4.78, 5) is 2.26. The van der Waals surface area contributed by atoms with Crippen molar-refractivity contribution in [1.29, 1.82) is 0 Å². The van der Waals surface area contributed by atoms with Crippen molar-refractivity contribution in [2.45, 2.75) is 39.3 Å². The molecule has 1 N–H and O–H groups in total. The maximum absolute atomic E-state index is 12.3. The molecule has 1 heterocycles. The van der Waals surface area contributed by atoms with Gasteiger partial charge >= 0.3 is 0 Å². The van der Waals surface area contributed by atoms with Gasteiger partial charge in [-0.2, -0.15) is 0 Å². The van der Waals surface area contributed by atoms with Crippen LogP contribution in [0, 0.1) is 5.92 Å². The molecule has 0 bridgehead atoms. The average Bonchev–Trinajstić information content (AvgIpc) is 2.20. The maximum Gasteiger partial charge on any atom is 0.102 e. The van der Waals surface area contributed by atoms with Crippen molar-refractivity contribution >= 4 is 0 Å². The maximum atomic E-state index is 12.3. The largest absolute Gasteiger partial charge is 0.311 e. The molecule has 1 aliphatic heterocycles. The molecule has 1 saturated heterocycles. The van der Waals surface area contributed by atoms with E-state index in [0.29, 0.717) is 24.5 Å². The zero-order chi connectivity index (χ0) is 10.6. The molecule has 1 rings (SSSR count). The molecule has 3 unspecified atom stereocenters. The van der Waals surface area contributed by atoms with Crippen molar-refractivity contribution in [3.63, 3.8) is 0 Å². The molecule has 3 atom stereocenters. The van der Waals surface area contributed by atoms with Crippen molar-refractivity contribution in [1.82, 2.24) is 10.2 Å². The third-order valence-corrected chi connectivity index (χ3v) is 3.43. The van der Waals surface area contributed by atoms with Crippen molar-refractivity contribution in [2.24, 2.45) is 5.92 Å². The van der Waals surface area contributed by atoms with Crippen LogP contribution in [-0.2, 0) is 0 Å². The van der Waals surface area contributed by atoms with E-state index in [1.165, 1.54) is 6.42 Å². The first-order chi connectivity index (χ1) is 6.69. The minimum absolute atomic E-state index is 0.225. The molecule has 0 spiro atoms. The molecule has 0 aromatic rings. The minimum atomic E-state index is -0.225. The highest BCUT2D eigenvalue weighted by Gasteiger charge is 2.26. The van der Waals surface area contributed by atoms with E-state index in [1.807, 2.05) is 0 Å². The second kappa shape index (κ2) is 5.66. The molecular formula is C11H23FN2. The summed E-state index contributed by atoms with van der Waals surface area (Å²) < 4.78 is 12.3. The number of nitrogens with zero attached hydrogens (tertiary/aromatic N) is 1. The highest BCUT2D eigenvalue weighted by atomic mass is 19.1. The molecule has 2 nitrogen and oxygen atoms in total. The quantitative estimate of drug-likeness (QED) is 0.746. The van der Waals surface area contributed by atoms with Crippen molar-refractivity contribution in [3.05, 3.63) is 0 Å². The van der Waals surface area contributed by atoms with Crippen molar-refractivity contribution in [3.8, 4) is 0 Å². The average molecular weight is 202 g/mol. The molecule has 84 valence electrons. The molecule has 0 aromatic heterocycles. The second-order valence-electron chi connectivity index (χ2n) is 4.43. The number of nitrogens with one attached hydrogen (secondary N) is 1. The monoisotopic (exact) mass is 202 g/mol. The lowest BCUT2D eigenvalue weighted by molar-refractivity contribution is 0.111. The van der Waals surface area contributed by atoms with Crippen LogP contribution in [0.2, 0.25) is 0 Å². The Hall–Kier alpha value is -0.150. The van der Waals surface area contributed by atoms with E-state index in [2.05, 4.69) is 31.0 Å². The predicted octanol–water partition coefficient (Wildman–Crippen LogP) is 1.66. The number of halogens is 1. The Labute approximate surface area is 86.9 Å². The van der Waals surface area contributed by atoms with Crippen molar-refractivity contribution in [2.75, 3.05) is 26.3 Å². The molecule has 0 radical (unpaired) electrons. The Bertz CT molecular complexity index is 159. The third-order valence-electron chi connectivity index (χ3n) is 3.43. The summed E-state index contributed by atoms with van der Waals surface area (Å²) in [6.45, 7) is 9.00. The molecule has 0 amide bonds.